The van der Waals surface area contributed by atoms with Gasteiger partial charge in [-0.25, -0.2) is 0 Å². The van der Waals surface area contributed by atoms with Gasteiger partial charge in [0.25, 0.3) is 0 Å². The highest BCUT2D eigenvalue weighted by molar-refractivity contribution is 5.80. The number of ketones is 2. The smallest absolute Gasteiger partial charge is 0.135 e. The van der Waals surface area contributed by atoms with Gasteiger partial charge in [0, 0.05) is 11.8 Å². The molecule has 0 aliphatic carbocycles. The third-order valence-electron chi connectivity index (χ3n) is 2.19. The minimum absolute atomic E-state index is 0.139. The van der Waals surface area contributed by atoms with Crippen molar-refractivity contribution in [3.8, 4) is 0 Å². The second kappa shape index (κ2) is 8.63. The number of carbonyl (C=O) groups is 2. The van der Waals surface area contributed by atoms with Gasteiger partial charge in [-0.15, -0.1) is 0 Å². The molecule has 0 aromatic rings. The first-order valence-corrected chi connectivity index (χ1v) is 5.72. The van der Waals surface area contributed by atoms with E-state index in [1.54, 1.807) is 13.8 Å². The van der Waals surface area contributed by atoms with Crippen LogP contribution in [0, 0.1) is 5.41 Å². The molecule has 0 N–H and O–H groups in total. The molecule has 0 aliphatic heterocycles. The average molecular weight is 214 g/mol. The largest absolute Gasteiger partial charge is 0.300 e. The van der Waals surface area contributed by atoms with Crippen molar-refractivity contribution in [3.63, 3.8) is 0 Å². The van der Waals surface area contributed by atoms with Crippen LogP contribution in [0.5, 0.6) is 0 Å². The molecule has 0 saturated heterocycles. The third kappa shape index (κ3) is 16.0. The topological polar surface area (TPSA) is 34.1 Å². The van der Waals surface area contributed by atoms with E-state index in [9.17, 15) is 9.59 Å². The number of rotatable bonds is 4. The van der Waals surface area contributed by atoms with Gasteiger partial charge in [-0.2, -0.15) is 0 Å². The van der Waals surface area contributed by atoms with E-state index in [1.807, 2.05) is 20.8 Å². The molecule has 0 saturated carbocycles. The van der Waals surface area contributed by atoms with Crippen LogP contribution >= 0.6 is 0 Å². The van der Waals surface area contributed by atoms with Gasteiger partial charge in [-0.1, -0.05) is 40.5 Å². The predicted octanol–water partition coefficient (Wildman–Crippen LogP) is 3.78. The summed E-state index contributed by atoms with van der Waals surface area (Å²) < 4.78 is 0. The molecular formula is C13H26O2. The van der Waals surface area contributed by atoms with Crippen molar-refractivity contribution >= 4 is 11.6 Å². The zero-order valence-corrected chi connectivity index (χ0v) is 11.1. The first kappa shape index (κ1) is 16.8. The number of hydrogen-bond acceptors (Lipinski definition) is 2. The summed E-state index contributed by atoms with van der Waals surface area (Å²) in [5, 5.41) is 0. The maximum Gasteiger partial charge on any atom is 0.135 e. The second-order valence-electron chi connectivity index (χ2n) is 4.97. The molecule has 0 amide bonds. The van der Waals surface area contributed by atoms with E-state index in [0.29, 0.717) is 5.78 Å². The first-order valence-electron chi connectivity index (χ1n) is 5.72. The number of hydrogen-bond donors (Lipinski definition) is 0. The van der Waals surface area contributed by atoms with Crippen LogP contribution in [0.25, 0.3) is 0 Å². The molecule has 0 fully saturated rings. The second-order valence-corrected chi connectivity index (χ2v) is 4.97. The van der Waals surface area contributed by atoms with Crippen molar-refractivity contribution in [1.29, 1.82) is 0 Å². The van der Waals surface area contributed by atoms with Gasteiger partial charge in [0.05, 0.1) is 0 Å². The summed E-state index contributed by atoms with van der Waals surface area (Å²) in [7, 11) is 0. The van der Waals surface area contributed by atoms with E-state index in [1.165, 1.54) is 12.8 Å². The van der Waals surface area contributed by atoms with Crippen molar-refractivity contribution in [1.82, 2.24) is 0 Å². The monoisotopic (exact) mass is 214 g/mol. The van der Waals surface area contributed by atoms with E-state index >= 15 is 0 Å². The van der Waals surface area contributed by atoms with Crippen LogP contribution in [0.2, 0.25) is 0 Å². The van der Waals surface area contributed by atoms with Crippen LogP contribution in [-0.4, -0.2) is 11.6 Å². The highest BCUT2D eigenvalue weighted by Gasteiger charge is 2.14. The molecule has 0 rings (SSSR count). The SMILES string of the molecule is CC(=O)C(C)(C)C.CCCCCC(C)=O. The van der Waals surface area contributed by atoms with E-state index in [4.69, 9.17) is 0 Å². The summed E-state index contributed by atoms with van der Waals surface area (Å²) in [6, 6.07) is 0. The van der Waals surface area contributed by atoms with Gasteiger partial charge >= 0.3 is 0 Å². The van der Waals surface area contributed by atoms with Crippen molar-refractivity contribution in [2.24, 2.45) is 5.41 Å². The minimum Gasteiger partial charge on any atom is -0.300 e. The van der Waals surface area contributed by atoms with E-state index in [2.05, 4.69) is 6.92 Å². The molecule has 15 heavy (non-hydrogen) atoms. The lowest BCUT2D eigenvalue weighted by Gasteiger charge is -2.11. The summed E-state index contributed by atoms with van der Waals surface area (Å²) in [5.74, 6) is 0.561. The highest BCUT2D eigenvalue weighted by Crippen LogP contribution is 2.12. The summed E-state index contributed by atoms with van der Waals surface area (Å²) in [6.07, 6.45) is 4.24. The van der Waals surface area contributed by atoms with Crippen LogP contribution in [-0.2, 0) is 9.59 Å². The molecule has 0 aliphatic rings. The normalized spacial score (nSPS) is 10.3. The Morgan fingerprint density at radius 3 is 1.60 bits per heavy atom. The number of carbonyl (C=O) groups excluding carboxylic acids is 2. The molecule has 2 nitrogen and oxygen atoms in total. The fourth-order valence-electron chi connectivity index (χ4n) is 0.624. The minimum atomic E-state index is -0.139. The van der Waals surface area contributed by atoms with Gasteiger partial charge < -0.3 is 4.79 Å². The van der Waals surface area contributed by atoms with E-state index in [0.717, 1.165) is 12.8 Å². The Bertz CT molecular complexity index is 187. The molecule has 0 radical (unpaired) electrons. The van der Waals surface area contributed by atoms with Gasteiger partial charge in [-0.3, -0.25) is 4.79 Å². The van der Waals surface area contributed by atoms with E-state index < -0.39 is 0 Å². The molecular weight excluding hydrogens is 188 g/mol. The number of Topliss-reactive ketones (excluding diaryl/α,β-unsaturated/α-hetero) is 2. The highest BCUT2D eigenvalue weighted by atomic mass is 16.1. The van der Waals surface area contributed by atoms with Gasteiger partial charge in [0.1, 0.15) is 11.6 Å². The lowest BCUT2D eigenvalue weighted by Crippen LogP contribution is -2.15. The summed E-state index contributed by atoms with van der Waals surface area (Å²) in [5.41, 5.74) is -0.139. The van der Waals surface area contributed by atoms with Gasteiger partial charge in [-0.05, 0) is 20.3 Å². The quantitative estimate of drug-likeness (QED) is 0.667. The van der Waals surface area contributed by atoms with Crippen LogP contribution in [0.15, 0.2) is 0 Å². The number of unbranched alkanes of at least 4 members (excludes halogenated alkanes) is 2. The summed E-state index contributed by atoms with van der Waals surface area (Å²) >= 11 is 0. The summed E-state index contributed by atoms with van der Waals surface area (Å²) in [6.45, 7) is 11.1. The van der Waals surface area contributed by atoms with Gasteiger partial charge in [0.15, 0.2) is 0 Å². The Balaban J connectivity index is 0. The van der Waals surface area contributed by atoms with E-state index in [-0.39, 0.29) is 11.2 Å². The molecule has 2 heteroatoms. The van der Waals surface area contributed by atoms with Crippen LogP contribution in [0.1, 0.15) is 67.2 Å². The molecule has 0 atom stereocenters. The maximum atomic E-state index is 10.5. The Labute approximate surface area is 94.4 Å². The molecule has 0 bridgehead atoms. The molecule has 0 unspecified atom stereocenters. The average Bonchev–Trinajstić information content (AvgIpc) is 2.03. The molecule has 0 aromatic heterocycles. The van der Waals surface area contributed by atoms with Crippen LogP contribution in [0.4, 0.5) is 0 Å². The maximum absolute atomic E-state index is 10.5. The van der Waals surface area contributed by atoms with Gasteiger partial charge in [0.2, 0.25) is 0 Å². The lowest BCUT2D eigenvalue weighted by atomic mass is 9.92. The predicted molar refractivity (Wildman–Crippen MR) is 65.0 cm³/mol. The molecule has 90 valence electrons. The van der Waals surface area contributed by atoms with Crippen molar-refractivity contribution < 1.29 is 9.59 Å². The molecule has 0 heterocycles. The van der Waals surface area contributed by atoms with Crippen LogP contribution < -0.4 is 0 Å². The van der Waals surface area contributed by atoms with Crippen LogP contribution in [0.3, 0.4) is 0 Å². The Morgan fingerprint density at radius 1 is 1.00 bits per heavy atom. The fourth-order valence-corrected chi connectivity index (χ4v) is 0.624. The Kier molecular flexibility index (Phi) is 9.64. The summed E-state index contributed by atoms with van der Waals surface area (Å²) in [4.78, 5) is 20.8. The Morgan fingerprint density at radius 2 is 1.40 bits per heavy atom. The lowest BCUT2D eigenvalue weighted by molar-refractivity contribution is -0.124. The molecule has 0 spiro atoms. The molecule has 0 aromatic carbocycles. The fraction of sp³-hybridized carbons (Fsp3) is 0.846. The third-order valence-corrected chi connectivity index (χ3v) is 2.19. The zero-order chi connectivity index (χ0) is 12.5. The van der Waals surface area contributed by atoms with Crippen molar-refractivity contribution in [2.45, 2.75) is 67.2 Å². The van der Waals surface area contributed by atoms with Crippen molar-refractivity contribution in [3.05, 3.63) is 0 Å². The van der Waals surface area contributed by atoms with Crippen molar-refractivity contribution in [2.75, 3.05) is 0 Å². The Hall–Kier alpha value is -0.660. The standard InChI is InChI=1S/C7H14O.C6H12O/c1-3-4-5-6-7(2)8;1-5(7)6(2,3)4/h3-6H2,1-2H3;1-4H3. The first-order chi connectivity index (χ1) is 6.71. The zero-order valence-electron chi connectivity index (χ0n) is 11.1.